The van der Waals surface area contributed by atoms with Gasteiger partial charge in [0.25, 0.3) is 0 Å². The summed E-state index contributed by atoms with van der Waals surface area (Å²) >= 11 is 6.14. The minimum Gasteiger partial charge on any atom is -0.387 e. The molecule has 5 rings (SSSR count). The highest BCUT2D eigenvalue weighted by Crippen LogP contribution is 2.42. The van der Waals surface area contributed by atoms with E-state index in [0.717, 1.165) is 48.5 Å². The Morgan fingerprint density at radius 1 is 1.23 bits per heavy atom. The number of nitrogens with zero attached hydrogens (tertiary/aromatic N) is 4. The molecule has 0 radical (unpaired) electrons. The van der Waals surface area contributed by atoms with E-state index in [0.29, 0.717) is 44.4 Å². The molecule has 8 nitrogen and oxygen atoms in total. The zero-order valence-corrected chi connectivity index (χ0v) is 21.0. The second-order valence-corrected chi connectivity index (χ2v) is 10.3. The third kappa shape index (κ3) is 5.31. The van der Waals surface area contributed by atoms with Crippen LogP contribution in [-0.4, -0.2) is 71.4 Å². The molecule has 2 saturated heterocycles. The van der Waals surface area contributed by atoms with Crippen LogP contribution in [0.15, 0.2) is 30.6 Å². The Kier molecular flexibility index (Phi) is 7.53. The molecule has 1 amide bonds. The van der Waals surface area contributed by atoms with Gasteiger partial charge >= 0.3 is 0 Å². The fourth-order valence-corrected chi connectivity index (χ4v) is 5.78. The number of ether oxygens (including phenoxy) is 1. The van der Waals surface area contributed by atoms with Gasteiger partial charge in [-0.2, -0.15) is 0 Å². The fourth-order valence-electron chi connectivity index (χ4n) is 5.66. The Morgan fingerprint density at radius 2 is 2.00 bits per heavy atom. The summed E-state index contributed by atoms with van der Waals surface area (Å²) in [7, 11) is 0. The molecule has 35 heavy (non-hydrogen) atoms. The second-order valence-electron chi connectivity index (χ2n) is 9.90. The van der Waals surface area contributed by atoms with Crippen molar-refractivity contribution in [2.75, 3.05) is 44.4 Å². The molecule has 2 aromatic rings. The number of aromatic nitrogens is 2. The molecule has 3 aliphatic rings. The molecule has 2 fully saturated rings. The highest BCUT2D eigenvalue weighted by atomic mass is 35.5. The van der Waals surface area contributed by atoms with Gasteiger partial charge in [-0.15, -0.1) is 0 Å². The van der Waals surface area contributed by atoms with Crippen molar-refractivity contribution in [3.05, 3.63) is 52.4 Å². The maximum absolute atomic E-state index is 13.8. The van der Waals surface area contributed by atoms with Gasteiger partial charge in [0.15, 0.2) is 0 Å². The van der Waals surface area contributed by atoms with Crippen LogP contribution in [-0.2, 0) is 9.53 Å². The Labute approximate surface area is 211 Å². The summed E-state index contributed by atoms with van der Waals surface area (Å²) in [6.07, 6.45) is 4.43. The molecular formula is C26H34ClN5O3. The maximum Gasteiger partial charge on any atom is 0.230 e. The summed E-state index contributed by atoms with van der Waals surface area (Å²) in [6, 6.07) is 7.92. The van der Waals surface area contributed by atoms with Gasteiger partial charge in [-0.3, -0.25) is 10.1 Å². The van der Waals surface area contributed by atoms with Crippen LogP contribution >= 0.6 is 11.6 Å². The zero-order valence-electron chi connectivity index (χ0n) is 20.2. The lowest BCUT2D eigenvalue weighted by Gasteiger charge is -2.38. The first-order valence-electron chi connectivity index (χ1n) is 12.6. The van der Waals surface area contributed by atoms with Crippen molar-refractivity contribution in [1.82, 2.24) is 20.2 Å². The first kappa shape index (κ1) is 24.4. The van der Waals surface area contributed by atoms with Gasteiger partial charge < -0.3 is 19.6 Å². The van der Waals surface area contributed by atoms with Gasteiger partial charge in [0.1, 0.15) is 12.1 Å². The first-order chi connectivity index (χ1) is 17.0. The molecular weight excluding hydrogens is 466 g/mol. The van der Waals surface area contributed by atoms with E-state index < -0.39 is 6.10 Å². The Hall–Kier alpha value is -2.26. The Balaban J connectivity index is 1.30. The lowest BCUT2D eigenvalue weighted by molar-refractivity contribution is -0.133. The number of fused-ring (bicyclic) bond motifs is 1. The summed E-state index contributed by atoms with van der Waals surface area (Å²) < 4.78 is 5.55. The van der Waals surface area contributed by atoms with Gasteiger partial charge in [0.05, 0.1) is 24.4 Å². The highest BCUT2D eigenvalue weighted by Gasteiger charge is 2.35. The van der Waals surface area contributed by atoms with Gasteiger partial charge in [-0.05, 0) is 49.3 Å². The molecule has 9 heteroatoms. The lowest BCUT2D eigenvalue weighted by atomic mass is 9.89. The number of carbonyl (C=O) groups excluding carboxylic acids is 1. The van der Waals surface area contributed by atoms with Crippen LogP contribution in [0.1, 0.15) is 67.4 Å². The van der Waals surface area contributed by atoms with Crippen molar-refractivity contribution in [3.63, 3.8) is 0 Å². The first-order valence-corrected chi connectivity index (χ1v) is 13.0. The number of halogens is 1. The average molecular weight is 500 g/mol. The fraction of sp³-hybridized carbons (Fsp3) is 0.577. The topological polar surface area (TPSA) is 90.8 Å². The minimum atomic E-state index is -0.521. The third-order valence-corrected chi connectivity index (χ3v) is 7.83. The van der Waals surface area contributed by atoms with E-state index >= 15 is 0 Å². The molecule has 3 heterocycles. The summed E-state index contributed by atoms with van der Waals surface area (Å²) in [5, 5.41) is 14.5. The quantitative estimate of drug-likeness (QED) is 0.652. The minimum absolute atomic E-state index is 0.163. The van der Waals surface area contributed by atoms with Gasteiger partial charge in [0.2, 0.25) is 5.91 Å². The van der Waals surface area contributed by atoms with E-state index in [2.05, 4.69) is 27.1 Å². The van der Waals surface area contributed by atoms with E-state index in [1.54, 1.807) is 6.33 Å². The monoisotopic (exact) mass is 499 g/mol. The molecule has 0 saturated carbocycles. The molecule has 2 aliphatic heterocycles. The zero-order chi connectivity index (χ0) is 24.4. The van der Waals surface area contributed by atoms with Crippen molar-refractivity contribution < 1.29 is 14.6 Å². The van der Waals surface area contributed by atoms with E-state index in [4.69, 9.17) is 16.3 Å². The van der Waals surface area contributed by atoms with Crippen LogP contribution in [0.4, 0.5) is 5.82 Å². The molecule has 1 aliphatic carbocycles. The molecule has 0 bridgehead atoms. The summed E-state index contributed by atoms with van der Waals surface area (Å²) in [5.41, 5.74) is 2.81. The predicted octanol–water partition coefficient (Wildman–Crippen LogP) is 3.22. The average Bonchev–Trinajstić information content (AvgIpc) is 3.03. The number of benzene rings is 1. The van der Waals surface area contributed by atoms with Crippen LogP contribution in [0.25, 0.3) is 0 Å². The van der Waals surface area contributed by atoms with E-state index in [-0.39, 0.29) is 23.8 Å². The van der Waals surface area contributed by atoms with Crippen molar-refractivity contribution in [2.45, 2.75) is 56.6 Å². The molecule has 1 unspecified atom stereocenters. The number of nitrogens with one attached hydrogen (secondary N) is 1. The van der Waals surface area contributed by atoms with E-state index in [9.17, 15) is 9.90 Å². The van der Waals surface area contributed by atoms with Crippen molar-refractivity contribution in [3.8, 4) is 0 Å². The van der Waals surface area contributed by atoms with Gasteiger partial charge in [-0.25, -0.2) is 9.97 Å². The molecule has 2 N–H and O–H groups in total. The smallest absolute Gasteiger partial charge is 0.230 e. The normalized spacial score (nSPS) is 25.7. The second kappa shape index (κ2) is 10.8. The Morgan fingerprint density at radius 3 is 2.77 bits per heavy atom. The van der Waals surface area contributed by atoms with Crippen LogP contribution in [0.3, 0.4) is 0 Å². The molecule has 1 aromatic heterocycles. The summed E-state index contributed by atoms with van der Waals surface area (Å²) in [5.74, 6) is 1.06. The predicted molar refractivity (Wildman–Crippen MR) is 135 cm³/mol. The van der Waals surface area contributed by atoms with Crippen molar-refractivity contribution in [2.24, 2.45) is 0 Å². The van der Waals surface area contributed by atoms with E-state index in [1.165, 1.54) is 0 Å². The van der Waals surface area contributed by atoms with Crippen LogP contribution in [0.2, 0.25) is 5.02 Å². The molecule has 0 spiro atoms. The number of aliphatic hydroxyl groups excluding tert-OH is 1. The summed E-state index contributed by atoms with van der Waals surface area (Å²) in [6.45, 7) is 6.10. The number of piperazine rings is 1. The number of hydrogen-bond acceptors (Lipinski definition) is 7. The standard InChI is InChI=1S/C26H34ClN5O3/c1-17-13-22(33)24-23(17)25(29-15-28-24)31-8-10-32(11-9-31)26(34)21(18-4-6-19(27)7-5-18)14-20-3-2-12-35-16-30-20/h4-7,15,17,20-22,30,33H,2-3,8-14,16H2,1H3/t17-,20?,21-,22-/m1/s1. The van der Waals surface area contributed by atoms with Crippen LogP contribution < -0.4 is 10.2 Å². The summed E-state index contributed by atoms with van der Waals surface area (Å²) in [4.78, 5) is 27.0. The number of carbonyl (C=O) groups is 1. The van der Waals surface area contributed by atoms with Crippen molar-refractivity contribution >= 4 is 23.3 Å². The van der Waals surface area contributed by atoms with Gasteiger partial charge in [-0.1, -0.05) is 30.7 Å². The van der Waals surface area contributed by atoms with Gasteiger partial charge in [0, 0.05) is 49.4 Å². The molecule has 188 valence electrons. The lowest BCUT2D eigenvalue weighted by Crippen LogP contribution is -2.51. The number of hydrogen-bond donors (Lipinski definition) is 2. The highest BCUT2D eigenvalue weighted by molar-refractivity contribution is 6.30. The molecule has 1 aromatic carbocycles. The number of amides is 1. The van der Waals surface area contributed by atoms with Crippen LogP contribution in [0.5, 0.6) is 0 Å². The van der Waals surface area contributed by atoms with Crippen LogP contribution in [0, 0.1) is 0 Å². The third-order valence-electron chi connectivity index (χ3n) is 7.58. The number of aliphatic hydroxyl groups is 1. The molecule has 4 atom stereocenters. The maximum atomic E-state index is 13.8. The SMILES string of the molecule is C[C@@H]1C[C@@H](O)c2ncnc(N3CCN(C(=O)[C@H](CC4CCCOCN4)c4ccc(Cl)cc4)CC3)c21. The number of rotatable bonds is 5. The van der Waals surface area contributed by atoms with Crippen molar-refractivity contribution in [1.29, 1.82) is 0 Å². The largest absolute Gasteiger partial charge is 0.387 e. The van der Waals surface area contributed by atoms with E-state index in [1.807, 2.05) is 29.2 Å². The Bertz CT molecular complexity index is 1020. The number of anilines is 1.